The molecule has 0 aliphatic heterocycles. The number of rotatable bonds is 1. The van der Waals surface area contributed by atoms with Gasteiger partial charge >= 0.3 is 5.97 Å². The summed E-state index contributed by atoms with van der Waals surface area (Å²) in [6, 6.07) is 12.0. The van der Waals surface area contributed by atoms with Crippen molar-refractivity contribution in [2.45, 2.75) is 64.2 Å². The second-order valence-corrected chi connectivity index (χ2v) is 5.60. The molecule has 0 heterocycles. The molecule has 0 unspecified atom stereocenters. The number of benzene rings is 1. The lowest BCUT2D eigenvalue weighted by Crippen LogP contribution is -2.13. The van der Waals surface area contributed by atoms with E-state index in [0.717, 1.165) is 25.7 Å². The van der Waals surface area contributed by atoms with Crippen LogP contribution < -0.4 is 0 Å². The van der Waals surface area contributed by atoms with Crippen molar-refractivity contribution in [3.63, 3.8) is 0 Å². The maximum Gasteiger partial charge on any atom is 0.306 e. The van der Waals surface area contributed by atoms with E-state index >= 15 is 0 Å². The molecule has 20 heavy (non-hydrogen) atoms. The van der Waals surface area contributed by atoms with Gasteiger partial charge in [0.15, 0.2) is 0 Å². The van der Waals surface area contributed by atoms with Crippen LogP contribution in [0.3, 0.4) is 0 Å². The molecule has 2 nitrogen and oxygen atoms in total. The van der Waals surface area contributed by atoms with Crippen LogP contribution in [0.5, 0.6) is 0 Å². The molecule has 1 aliphatic carbocycles. The Hall–Kier alpha value is -1.31. The predicted molar refractivity (Wildman–Crippen MR) is 83.7 cm³/mol. The van der Waals surface area contributed by atoms with Crippen LogP contribution in [0, 0.1) is 5.92 Å². The van der Waals surface area contributed by atoms with Crippen molar-refractivity contribution < 1.29 is 9.90 Å². The van der Waals surface area contributed by atoms with E-state index in [0.29, 0.717) is 0 Å². The number of aliphatic carboxylic acids is 1. The largest absolute Gasteiger partial charge is 0.481 e. The molecule has 0 amide bonds. The normalized spacial score (nSPS) is 18.2. The van der Waals surface area contributed by atoms with Gasteiger partial charge in [-0.2, -0.15) is 0 Å². The fraction of sp³-hybridized carbons (Fsp3) is 0.611. The van der Waals surface area contributed by atoms with Crippen molar-refractivity contribution in [3.05, 3.63) is 36.4 Å². The van der Waals surface area contributed by atoms with Gasteiger partial charge in [-0.25, -0.2) is 0 Å². The van der Waals surface area contributed by atoms with Crippen molar-refractivity contribution in [1.82, 2.24) is 0 Å². The summed E-state index contributed by atoms with van der Waals surface area (Å²) in [6.07, 6.45) is 11.8. The quantitative estimate of drug-likeness (QED) is 0.756. The van der Waals surface area contributed by atoms with E-state index in [9.17, 15) is 4.79 Å². The lowest BCUT2D eigenvalue weighted by molar-refractivity contribution is -0.142. The highest BCUT2D eigenvalue weighted by Gasteiger charge is 2.16. The molecule has 112 valence electrons. The van der Waals surface area contributed by atoms with Crippen LogP contribution in [0.4, 0.5) is 0 Å². The maximum absolute atomic E-state index is 10.9. The summed E-state index contributed by atoms with van der Waals surface area (Å²) >= 11 is 0. The van der Waals surface area contributed by atoms with E-state index < -0.39 is 5.97 Å². The summed E-state index contributed by atoms with van der Waals surface area (Å²) in [7, 11) is 0. The zero-order chi connectivity index (χ0) is 14.5. The first-order valence-corrected chi connectivity index (χ1v) is 8.03. The van der Waals surface area contributed by atoms with Crippen LogP contribution in [0.15, 0.2) is 36.4 Å². The lowest BCUT2D eigenvalue weighted by Gasteiger charge is -2.10. The van der Waals surface area contributed by atoms with Crippen molar-refractivity contribution in [1.29, 1.82) is 0 Å². The third-order valence-corrected chi connectivity index (χ3v) is 3.87. The highest BCUT2D eigenvalue weighted by Crippen LogP contribution is 2.21. The fourth-order valence-corrected chi connectivity index (χ4v) is 2.62. The van der Waals surface area contributed by atoms with Gasteiger partial charge in [0.1, 0.15) is 0 Å². The zero-order valence-corrected chi connectivity index (χ0v) is 12.5. The van der Waals surface area contributed by atoms with Crippen LogP contribution in [0.25, 0.3) is 0 Å². The minimum Gasteiger partial charge on any atom is -0.481 e. The van der Waals surface area contributed by atoms with Crippen LogP contribution >= 0.6 is 0 Å². The molecule has 1 fully saturated rings. The predicted octanol–water partition coefficient (Wildman–Crippen LogP) is 5.29. The molecule has 0 atom stereocenters. The van der Waals surface area contributed by atoms with Gasteiger partial charge in [0, 0.05) is 0 Å². The van der Waals surface area contributed by atoms with Crippen LogP contribution in [0.1, 0.15) is 64.2 Å². The smallest absolute Gasteiger partial charge is 0.306 e. The molecule has 0 aromatic heterocycles. The summed E-state index contributed by atoms with van der Waals surface area (Å²) in [6.45, 7) is 0. The first-order valence-electron chi connectivity index (χ1n) is 8.03. The zero-order valence-electron chi connectivity index (χ0n) is 12.5. The van der Waals surface area contributed by atoms with Crippen LogP contribution in [-0.4, -0.2) is 11.1 Å². The Morgan fingerprint density at radius 2 is 0.950 bits per heavy atom. The molecule has 1 aromatic rings. The minimum absolute atomic E-state index is 0.0619. The van der Waals surface area contributed by atoms with E-state index in [-0.39, 0.29) is 5.92 Å². The van der Waals surface area contributed by atoms with Gasteiger partial charge in [-0.05, 0) is 12.8 Å². The summed E-state index contributed by atoms with van der Waals surface area (Å²) in [5.41, 5.74) is 0. The number of carbonyl (C=O) groups is 1. The molecule has 0 saturated heterocycles. The Morgan fingerprint density at radius 1 is 0.650 bits per heavy atom. The third kappa shape index (κ3) is 8.73. The van der Waals surface area contributed by atoms with Crippen molar-refractivity contribution >= 4 is 5.97 Å². The third-order valence-electron chi connectivity index (χ3n) is 3.87. The Labute approximate surface area is 123 Å². The molecule has 1 saturated carbocycles. The molecule has 2 rings (SSSR count). The van der Waals surface area contributed by atoms with Gasteiger partial charge < -0.3 is 5.11 Å². The van der Waals surface area contributed by atoms with Crippen LogP contribution in [-0.2, 0) is 4.79 Å². The highest BCUT2D eigenvalue weighted by atomic mass is 16.4. The SMILES string of the molecule is O=C(O)C1CCCCCCCCCC1.c1ccccc1. The Balaban J connectivity index is 0.000000276. The minimum atomic E-state index is -0.579. The average Bonchev–Trinajstić information content (AvgIpc) is 2.54. The molecular formula is C18H28O2. The lowest BCUT2D eigenvalue weighted by atomic mass is 9.96. The van der Waals surface area contributed by atoms with E-state index in [4.69, 9.17) is 5.11 Å². The first kappa shape index (κ1) is 16.7. The van der Waals surface area contributed by atoms with Gasteiger partial charge in [0.25, 0.3) is 0 Å². The standard InChI is InChI=1S/C12H22O2.C6H6/c13-12(14)11-9-7-5-3-1-2-4-6-8-10-11;1-2-4-6-5-3-1/h11H,1-10H2,(H,13,14);1-6H. The Kier molecular flexibility index (Phi) is 9.64. The Bertz CT molecular complexity index is 296. The number of hydrogen-bond acceptors (Lipinski definition) is 1. The van der Waals surface area contributed by atoms with E-state index in [1.165, 1.54) is 38.5 Å². The number of hydrogen-bond donors (Lipinski definition) is 1. The van der Waals surface area contributed by atoms with Crippen LogP contribution in [0.2, 0.25) is 0 Å². The number of carboxylic acids is 1. The topological polar surface area (TPSA) is 37.3 Å². The van der Waals surface area contributed by atoms with Gasteiger partial charge in [0.2, 0.25) is 0 Å². The van der Waals surface area contributed by atoms with Crippen molar-refractivity contribution in [2.24, 2.45) is 5.92 Å². The van der Waals surface area contributed by atoms with Gasteiger partial charge in [0.05, 0.1) is 5.92 Å². The molecule has 1 aromatic carbocycles. The first-order chi connectivity index (χ1) is 9.80. The molecule has 2 heteroatoms. The Morgan fingerprint density at radius 3 is 1.25 bits per heavy atom. The van der Waals surface area contributed by atoms with Gasteiger partial charge in [-0.1, -0.05) is 87.8 Å². The second-order valence-electron chi connectivity index (χ2n) is 5.60. The summed E-state index contributed by atoms with van der Waals surface area (Å²) in [4.78, 5) is 10.9. The summed E-state index contributed by atoms with van der Waals surface area (Å²) < 4.78 is 0. The molecule has 1 aliphatic rings. The second kappa shape index (κ2) is 11.5. The molecular weight excluding hydrogens is 248 g/mol. The van der Waals surface area contributed by atoms with Gasteiger partial charge in [-0.15, -0.1) is 0 Å². The van der Waals surface area contributed by atoms with E-state index in [1.807, 2.05) is 36.4 Å². The fourth-order valence-electron chi connectivity index (χ4n) is 2.62. The maximum atomic E-state index is 10.9. The molecule has 1 N–H and O–H groups in total. The molecule has 0 bridgehead atoms. The van der Waals surface area contributed by atoms with E-state index in [1.54, 1.807) is 0 Å². The highest BCUT2D eigenvalue weighted by molar-refractivity contribution is 5.69. The summed E-state index contributed by atoms with van der Waals surface area (Å²) in [5, 5.41) is 8.99. The summed E-state index contributed by atoms with van der Waals surface area (Å²) in [5.74, 6) is -0.641. The molecule has 0 radical (unpaired) electrons. The van der Waals surface area contributed by atoms with Crippen molar-refractivity contribution in [2.75, 3.05) is 0 Å². The van der Waals surface area contributed by atoms with Gasteiger partial charge in [-0.3, -0.25) is 4.79 Å². The molecule has 0 spiro atoms. The van der Waals surface area contributed by atoms with Crippen molar-refractivity contribution in [3.8, 4) is 0 Å². The monoisotopic (exact) mass is 276 g/mol. The number of carboxylic acid groups (broad SMARTS) is 1. The van der Waals surface area contributed by atoms with E-state index in [2.05, 4.69) is 0 Å². The average molecular weight is 276 g/mol.